The molecule has 0 radical (unpaired) electrons. The average molecular weight is 551 g/mol. The van der Waals surface area contributed by atoms with Crippen LogP contribution in [0.1, 0.15) is 73.6 Å². The highest BCUT2D eigenvalue weighted by molar-refractivity contribution is 7.91. The first-order chi connectivity index (χ1) is 17.8. The van der Waals surface area contributed by atoms with Crippen LogP contribution in [0.2, 0.25) is 0 Å². The van der Waals surface area contributed by atoms with Gasteiger partial charge in [0.05, 0.1) is 22.6 Å². The highest BCUT2D eigenvalue weighted by atomic mass is 32.2. The lowest BCUT2D eigenvalue weighted by atomic mass is 10.0. The van der Waals surface area contributed by atoms with E-state index in [-0.39, 0.29) is 48.4 Å². The number of unbranched alkanes of at least 4 members (excludes halogenated alkanes) is 1. The number of nitrogens with zero attached hydrogens (tertiary/aromatic N) is 1. The first-order valence-electron chi connectivity index (χ1n) is 12.5. The minimum atomic E-state index is -3.32. The summed E-state index contributed by atoms with van der Waals surface area (Å²) in [7, 11) is -3.32. The summed E-state index contributed by atoms with van der Waals surface area (Å²) in [6.45, 7) is 5.83. The number of sulfone groups is 1. The maximum absolute atomic E-state index is 13.1. The second-order valence-corrected chi connectivity index (χ2v) is 12.5. The highest BCUT2D eigenvalue weighted by Crippen LogP contribution is 2.32. The lowest BCUT2D eigenvalue weighted by Gasteiger charge is -2.27. The molecule has 0 aliphatic carbocycles. The number of imide groups is 2. The smallest absolute Gasteiger partial charge is 0.407 e. The van der Waals surface area contributed by atoms with Crippen molar-refractivity contribution in [2.75, 3.05) is 29.9 Å². The van der Waals surface area contributed by atoms with E-state index in [0.717, 1.165) is 4.90 Å². The molecule has 3 rings (SSSR count). The zero-order chi connectivity index (χ0) is 28.1. The molecule has 208 valence electrons. The molecular weight excluding hydrogens is 516 g/mol. The summed E-state index contributed by atoms with van der Waals surface area (Å²) in [6, 6.07) is 3.65. The predicted molar refractivity (Wildman–Crippen MR) is 138 cm³/mol. The van der Waals surface area contributed by atoms with Crippen LogP contribution < -0.4 is 16.0 Å². The van der Waals surface area contributed by atoms with Gasteiger partial charge in [0.2, 0.25) is 11.8 Å². The van der Waals surface area contributed by atoms with Crippen molar-refractivity contribution in [1.82, 2.24) is 15.5 Å². The van der Waals surface area contributed by atoms with Crippen molar-refractivity contribution in [3.8, 4) is 0 Å². The van der Waals surface area contributed by atoms with Crippen molar-refractivity contribution < 1.29 is 37.1 Å². The number of nitrogens with one attached hydrogen (secondary N) is 3. The van der Waals surface area contributed by atoms with E-state index in [2.05, 4.69) is 16.0 Å². The van der Waals surface area contributed by atoms with Crippen LogP contribution in [0.5, 0.6) is 0 Å². The van der Waals surface area contributed by atoms with Crippen LogP contribution >= 0.6 is 0 Å². The summed E-state index contributed by atoms with van der Waals surface area (Å²) in [6.07, 6.45) is 0.717. The van der Waals surface area contributed by atoms with Crippen molar-refractivity contribution in [2.45, 2.75) is 64.5 Å². The summed E-state index contributed by atoms with van der Waals surface area (Å²) >= 11 is 0. The molecule has 2 aliphatic rings. The van der Waals surface area contributed by atoms with Crippen LogP contribution in [0, 0.1) is 0 Å². The van der Waals surface area contributed by atoms with Gasteiger partial charge in [-0.05, 0) is 58.6 Å². The highest BCUT2D eigenvalue weighted by Gasteiger charge is 2.45. The van der Waals surface area contributed by atoms with E-state index >= 15 is 0 Å². The Morgan fingerprint density at radius 1 is 1.05 bits per heavy atom. The second-order valence-electron chi connectivity index (χ2n) is 10.2. The van der Waals surface area contributed by atoms with Crippen molar-refractivity contribution in [2.24, 2.45) is 0 Å². The predicted octanol–water partition coefficient (Wildman–Crippen LogP) is 1.61. The second kappa shape index (κ2) is 11.9. The monoisotopic (exact) mass is 550 g/mol. The van der Waals surface area contributed by atoms with Gasteiger partial charge in [-0.1, -0.05) is 6.07 Å². The van der Waals surface area contributed by atoms with Crippen molar-refractivity contribution in [1.29, 1.82) is 0 Å². The molecule has 1 atom stereocenters. The number of rotatable bonds is 11. The van der Waals surface area contributed by atoms with Gasteiger partial charge in [-0.25, -0.2) is 13.2 Å². The topological polar surface area (TPSA) is 168 Å². The Morgan fingerprint density at radius 2 is 1.76 bits per heavy atom. The number of alkyl carbamates (subject to hydrolysis) is 1. The minimum Gasteiger partial charge on any atom is -0.444 e. The molecule has 5 amide bonds. The Hall–Kier alpha value is -3.48. The first kappa shape index (κ1) is 29.1. The Morgan fingerprint density at radius 3 is 2.45 bits per heavy atom. The van der Waals surface area contributed by atoms with Crippen LogP contribution in [0.4, 0.5) is 10.5 Å². The van der Waals surface area contributed by atoms with Gasteiger partial charge in [-0.3, -0.25) is 29.4 Å². The Labute approximate surface area is 221 Å². The van der Waals surface area contributed by atoms with E-state index in [1.54, 1.807) is 32.9 Å². The normalized spacial score (nSPS) is 17.8. The number of ether oxygens (including phenoxy) is 1. The standard InChI is InChI=1S/C25H34N4O8S/c1-25(2,3)37-24(34)27-12-4-5-14-38(35,36)15-7-13-26-17-9-6-8-16-20(17)23(33)29(22(16)32)18-10-11-19(30)28-21(18)31/h6,8-9,18,26H,4-5,7,10-15H2,1-3H3,(H,27,34)(H,28,30,31). The van der Waals surface area contributed by atoms with Crippen molar-refractivity contribution >= 4 is 45.2 Å². The molecule has 0 spiro atoms. The van der Waals surface area contributed by atoms with Gasteiger partial charge < -0.3 is 15.4 Å². The molecule has 2 aliphatic heterocycles. The van der Waals surface area contributed by atoms with Crippen molar-refractivity contribution in [3.05, 3.63) is 29.3 Å². The molecule has 2 heterocycles. The number of carbonyl (C=O) groups excluding carboxylic acids is 5. The van der Waals surface area contributed by atoms with Crippen LogP contribution in [-0.4, -0.2) is 79.3 Å². The van der Waals surface area contributed by atoms with Gasteiger partial charge >= 0.3 is 6.09 Å². The SMILES string of the molecule is CC(C)(C)OC(=O)NCCCCS(=O)(=O)CCCNc1cccc2c1C(=O)N(C1CCC(=O)NC1=O)C2=O. The summed E-state index contributed by atoms with van der Waals surface area (Å²) in [5, 5.41) is 7.79. The zero-order valence-corrected chi connectivity index (χ0v) is 22.6. The number of hydrogen-bond acceptors (Lipinski definition) is 9. The fourth-order valence-corrected chi connectivity index (χ4v) is 5.66. The molecule has 13 heteroatoms. The van der Waals surface area contributed by atoms with Crippen LogP contribution in [-0.2, 0) is 24.2 Å². The van der Waals surface area contributed by atoms with E-state index in [1.165, 1.54) is 6.07 Å². The average Bonchev–Trinajstić information content (AvgIpc) is 3.06. The number of amides is 5. The van der Waals surface area contributed by atoms with E-state index < -0.39 is 51.2 Å². The molecule has 0 saturated carbocycles. The van der Waals surface area contributed by atoms with Gasteiger partial charge in [0.25, 0.3) is 11.8 Å². The van der Waals surface area contributed by atoms with Crippen LogP contribution in [0.25, 0.3) is 0 Å². The molecule has 12 nitrogen and oxygen atoms in total. The zero-order valence-electron chi connectivity index (χ0n) is 21.8. The molecule has 1 unspecified atom stereocenters. The van der Waals surface area contributed by atoms with Gasteiger partial charge in [-0.15, -0.1) is 0 Å². The number of benzene rings is 1. The van der Waals surface area contributed by atoms with E-state index in [0.29, 0.717) is 25.1 Å². The van der Waals surface area contributed by atoms with Gasteiger partial charge in [0.1, 0.15) is 21.5 Å². The lowest BCUT2D eigenvalue weighted by Crippen LogP contribution is -2.54. The molecular formula is C25H34N4O8S. The van der Waals surface area contributed by atoms with E-state index in [9.17, 15) is 32.4 Å². The molecule has 1 fully saturated rings. The number of anilines is 1. The summed E-state index contributed by atoms with van der Waals surface area (Å²) < 4.78 is 29.9. The molecule has 3 N–H and O–H groups in total. The van der Waals surface area contributed by atoms with Crippen molar-refractivity contribution in [3.63, 3.8) is 0 Å². The van der Waals surface area contributed by atoms with Gasteiger partial charge in [0, 0.05) is 25.2 Å². The minimum absolute atomic E-state index is 0.0162. The molecule has 0 bridgehead atoms. The number of fused-ring (bicyclic) bond motifs is 1. The largest absolute Gasteiger partial charge is 0.444 e. The molecule has 1 aromatic rings. The van der Waals surface area contributed by atoms with Gasteiger partial charge in [0.15, 0.2) is 0 Å². The summed E-state index contributed by atoms with van der Waals surface area (Å²) in [4.78, 5) is 62.2. The number of hydrogen-bond donors (Lipinski definition) is 3. The number of carbonyl (C=O) groups is 5. The van der Waals surface area contributed by atoms with Gasteiger partial charge in [-0.2, -0.15) is 0 Å². The fraction of sp³-hybridized carbons (Fsp3) is 0.560. The summed E-state index contributed by atoms with van der Waals surface area (Å²) in [5.41, 5.74) is 0.0537. The third-order valence-corrected chi connectivity index (χ3v) is 7.79. The Balaban J connectivity index is 1.46. The molecule has 1 aromatic carbocycles. The fourth-order valence-electron chi connectivity index (χ4n) is 4.23. The Kier molecular flexibility index (Phi) is 9.13. The lowest BCUT2D eigenvalue weighted by molar-refractivity contribution is -0.136. The molecule has 38 heavy (non-hydrogen) atoms. The van der Waals surface area contributed by atoms with E-state index in [4.69, 9.17) is 4.74 Å². The van der Waals surface area contributed by atoms with E-state index in [1.807, 2.05) is 0 Å². The van der Waals surface area contributed by atoms with Crippen LogP contribution in [0.15, 0.2) is 18.2 Å². The number of piperidine rings is 1. The molecule has 1 saturated heterocycles. The maximum Gasteiger partial charge on any atom is 0.407 e. The third kappa shape index (κ3) is 7.53. The Bertz CT molecular complexity index is 1220. The molecule has 0 aromatic heterocycles. The summed E-state index contributed by atoms with van der Waals surface area (Å²) in [5.74, 6) is -2.45. The third-order valence-electron chi connectivity index (χ3n) is 5.97. The quantitative estimate of drug-likeness (QED) is 0.274. The maximum atomic E-state index is 13.1. The van der Waals surface area contributed by atoms with Crippen LogP contribution in [0.3, 0.4) is 0 Å². The first-order valence-corrected chi connectivity index (χ1v) is 14.4.